The first-order valence-electron chi connectivity index (χ1n) is 9.25. The molecule has 0 aliphatic carbocycles. The lowest BCUT2D eigenvalue weighted by Gasteiger charge is -2.29. The van der Waals surface area contributed by atoms with Gasteiger partial charge in [0.25, 0.3) is 0 Å². The fourth-order valence-corrected chi connectivity index (χ4v) is 4.35. The van der Waals surface area contributed by atoms with Crippen molar-refractivity contribution in [1.29, 1.82) is 0 Å². The molecule has 2 aromatic rings. The number of halogens is 4. The molecule has 2 amide bonds. The predicted octanol–water partition coefficient (Wildman–Crippen LogP) is 6.09. The average Bonchev–Trinajstić information content (AvgIpc) is 2.69. The summed E-state index contributed by atoms with van der Waals surface area (Å²) >= 11 is 25.7. The lowest BCUT2D eigenvalue weighted by molar-refractivity contribution is -0.138. The van der Waals surface area contributed by atoms with Gasteiger partial charge in [0.15, 0.2) is 0 Å². The van der Waals surface area contributed by atoms with Crippen LogP contribution in [0, 0.1) is 0 Å². The van der Waals surface area contributed by atoms with Crippen LogP contribution in [-0.2, 0) is 21.9 Å². The molecule has 1 unspecified atom stereocenters. The maximum absolute atomic E-state index is 13.0. The number of likely N-dealkylation sites (N-methyl/N-ethyl adjacent to an activating group) is 1. The van der Waals surface area contributed by atoms with E-state index in [0.717, 1.165) is 11.1 Å². The van der Waals surface area contributed by atoms with Gasteiger partial charge in [-0.3, -0.25) is 9.59 Å². The molecule has 30 heavy (non-hydrogen) atoms. The lowest BCUT2D eigenvalue weighted by atomic mass is 10.1. The van der Waals surface area contributed by atoms with E-state index in [-0.39, 0.29) is 24.1 Å². The number of benzene rings is 2. The van der Waals surface area contributed by atoms with E-state index in [1.54, 1.807) is 37.3 Å². The van der Waals surface area contributed by atoms with Gasteiger partial charge >= 0.3 is 0 Å². The van der Waals surface area contributed by atoms with Gasteiger partial charge in [0.1, 0.15) is 6.04 Å². The van der Waals surface area contributed by atoms with E-state index in [1.807, 2.05) is 13.0 Å². The molecule has 4 nitrogen and oxygen atoms in total. The number of amides is 2. The third kappa shape index (κ3) is 7.24. The normalized spacial score (nSPS) is 11.8. The van der Waals surface area contributed by atoms with Crippen LogP contribution in [0.2, 0.25) is 20.1 Å². The van der Waals surface area contributed by atoms with Gasteiger partial charge in [0, 0.05) is 28.9 Å². The number of rotatable bonds is 9. The van der Waals surface area contributed by atoms with Gasteiger partial charge in [0.05, 0.1) is 15.8 Å². The van der Waals surface area contributed by atoms with Crippen LogP contribution in [0.4, 0.5) is 0 Å². The Kier molecular flexibility index (Phi) is 10.1. The summed E-state index contributed by atoms with van der Waals surface area (Å²) in [6.07, 6.45) is 0. The molecule has 162 valence electrons. The molecule has 0 saturated carbocycles. The summed E-state index contributed by atoms with van der Waals surface area (Å²) in [4.78, 5) is 26.9. The molecule has 0 heterocycles. The zero-order valence-electron chi connectivity index (χ0n) is 16.6. The zero-order chi connectivity index (χ0) is 22.3. The Balaban J connectivity index is 2.10. The second kappa shape index (κ2) is 12.1. The van der Waals surface area contributed by atoms with Crippen LogP contribution in [0.3, 0.4) is 0 Å². The van der Waals surface area contributed by atoms with E-state index in [2.05, 4.69) is 5.32 Å². The molecule has 0 fully saturated rings. The maximum Gasteiger partial charge on any atom is 0.242 e. The number of nitrogens with zero attached hydrogens (tertiary/aromatic N) is 1. The summed E-state index contributed by atoms with van der Waals surface area (Å²) in [6.45, 7) is 4.23. The summed E-state index contributed by atoms with van der Waals surface area (Å²) in [5.41, 5.74) is 1.69. The molecule has 0 radical (unpaired) electrons. The quantitative estimate of drug-likeness (QED) is 0.447. The van der Waals surface area contributed by atoms with Gasteiger partial charge < -0.3 is 10.2 Å². The van der Waals surface area contributed by atoms with Crippen LogP contribution in [-0.4, -0.2) is 35.1 Å². The monoisotopic (exact) mass is 506 g/mol. The van der Waals surface area contributed by atoms with Crippen molar-refractivity contribution in [2.75, 3.05) is 12.3 Å². The highest BCUT2D eigenvalue weighted by Crippen LogP contribution is 2.26. The summed E-state index contributed by atoms with van der Waals surface area (Å²) in [6, 6.07) is 9.83. The van der Waals surface area contributed by atoms with Crippen molar-refractivity contribution in [1.82, 2.24) is 10.2 Å². The van der Waals surface area contributed by atoms with Gasteiger partial charge in [-0.05, 0) is 49.2 Å². The smallest absolute Gasteiger partial charge is 0.242 e. The number of thioether (sulfide) groups is 1. The van der Waals surface area contributed by atoms with Gasteiger partial charge in [0.2, 0.25) is 11.8 Å². The molecular formula is C21H22Cl4N2O2S. The number of nitrogens with one attached hydrogen (secondary N) is 1. The predicted molar refractivity (Wildman–Crippen MR) is 128 cm³/mol. The van der Waals surface area contributed by atoms with Crippen molar-refractivity contribution in [3.8, 4) is 0 Å². The standard InChI is InChI=1S/C21H22Cl4N2O2S/c1-3-26-21(29)13(2)27(10-15-5-6-16(22)9-18(15)24)20(28)12-30-11-14-4-7-17(23)19(25)8-14/h4-9,13H,3,10-12H2,1-2H3,(H,26,29). The Hall–Kier alpha value is -1.11. The molecule has 9 heteroatoms. The second-order valence-electron chi connectivity index (χ2n) is 6.57. The Morgan fingerprint density at radius 3 is 2.40 bits per heavy atom. The van der Waals surface area contributed by atoms with E-state index >= 15 is 0 Å². The molecular weight excluding hydrogens is 486 g/mol. The molecule has 0 aliphatic heterocycles. The molecule has 0 aromatic heterocycles. The van der Waals surface area contributed by atoms with E-state index in [4.69, 9.17) is 46.4 Å². The van der Waals surface area contributed by atoms with Gasteiger partial charge in [-0.2, -0.15) is 0 Å². The zero-order valence-corrected chi connectivity index (χ0v) is 20.4. The molecule has 2 aromatic carbocycles. The van der Waals surface area contributed by atoms with E-state index in [0.29, 0.717) is 32.4 Å². The maximum atomic E-state index is 13.0. The van der Waals surface area contributed by atoms with Gasteiger partial charge in [-0.1, -0.05) is 58.5 Å². The third-order valence-electron chi connectivity index (χ3n) is 4.35. The topological polar surface area (TPSA) is 49.4 Å². The first-order chi connectivity index (χ1) is 14.2. The second-order valence-corrected chi connectivity index (χ2v) is 9.21. The van der Waals surface area contributed by atoms with Crippen molar-refractivity contribution >= 4 is 70.0 Å². The lowest BCUT2D eigenvalue weighted by Crippen LogP contribution is -2.48. The highest BCUT2D eigenvalue weighted by Gasteiger charge is 2.26. The minimum absolute atomic E-state index is 0.162. The van der Waals surface area contributed by atoms with Crippen molar-refractivity contribution in [2.45, 2.75) is 32.2 Å². The van der Waals surface area contributed by atoms with Crippen molar-refractivity contribution < 1.29 is 9.59 Å². The van der Waals surface area contributed by atoms with Crippen molar-refractivity contribution in [2.24, 2.45) is 0 Å². The summed E-state index contributed by atoms with van der Waals surface area (Å²) in [5, 5.41) is 4.69. The van der Waals surface area contributed by atoms with Crippen LogP contribution >= 0.6 is 58.2 Å². The van der Waals surface area contributed by atoms with Crippen LogP contribution in [0.5, 0.6) is 0 Å². The van der Waals surface area contributed by atoms with Crippen LogP contribution in [0.1, 0.15) is 25.0 Å². The van der Waals surface area contributed by atoms with Gasteiger partial charge in [-0.25, -0.2) is 0 Å². The molecule has 0 spiro atoms. The number of carbonyl (C=O) groups is 2. The Labute approximate surface area is 201 Å². The fraction of sp³-hybridized carbons (Fsp3) is 0.333. The van der Waals surface area contributed by atoms with E-state index in [9.17, 15) is 9.59 Å². The van der Waals surface area contributed by atoms with Crippen molar-refractivity contribution in [3.63, 3.8) is 0 Å². The largest absolute Gasteiger partial charge is 0.355 e. The first-order valence-corrected chi connectivity index (χ1v) is 11.9. The van der Waals surface area contributed by atoms with E-state index in [1.165, 1.54) is 16.7 Å². The number of hydrogen-bond acceptors (Lipinski definition) is 3. The Morgan fingerprint density at radius 2 is 1.77 bits per heavy atom. The number of hydrogen-bond donors (Lipinski definition) is 1. The number of carbonyl (C=O) groups excluding carboxylic acids is 2. The Bertz CT molecular complexity index is 911. The summed E-state index contributed by atoms with van der Waals surface area (Å²) in [7, 11) is 0. The SMILES string of the molecule is CCNC(=O)C(C)N(Cc1ccc(Cl)cc1Cl)C(=O)CSCc1ccc(Cl)c(Cl)c1. The minimum atomic E-state index is -0.644. The molecule has 1 N–H and O–H groups in total. The highest BCUT2D eigenvalue weighted by atomic mass is 35.5. The van der Waals surface area contributed by atoms with Crippen LogP contribution in [0.25, 0.3) is 0 Å². The Morgan fingerprint density at radius 1 is 1.03 bits per heavy atom. The average molecular weight is 508 g/mol. The minimum Gasteiger partial charge on any atom is -0.355 e. The van der Waals surface area contributed by atoms with E-state index < -0.39 is 6.04 Å². The third-order valence-corrected chi connectivity index (χ3v) is 6.67. The molecule has 0 bridgehead atoms. The van der Waals surface area contributed by atoms with Gasteiger partial charge in [-0.15, -0.1) is 11.8 Å². The van der Waals surface area contributed by atoms with Crippen LogP contribution in [0.15, 0.2) is 36.4 Å². The molecule has 0 saturated heterocycles. The molecule has 0 aliphatic rings. The molecule has 2 rings (SSSR count). The van der Waals surface area contributed by atoms with Crippen molar-refractivity contribution in [3.05, 3.63) is 67.6 Å². The van der Waals surface area contributed by atoms with Crippen LogP contribution < -0.4 is 5.32 Å². The highest BCUT2D eigenvalue weighted by molar-refractivity contribution is 7.99. The summed E-state index contributed by atoms with van der Waals surface area (Å²) < 4.78 is 0. The fourth-order valence-electron chi connectivity index (χ4n) is 2.71. The molecule has 1 atom stereocenters. The summed E-state index contributed by atoms with van der Waals surface area (Å²) in [5.74, 6) is 0.415. The first kappa shape index (κ1) is 25.2.